The van der Waals surface area contributed by atoms with Crippen LogP contribution in [0.2, 0.25) is 0 Å². The average Bonchev–Trinajstić information content (AvgIpc) is 2.79. The van der Waals surface area contributed by atoms with Crippen molar-refractivity contribution in [2.45, 2.75) is 19.8 Å². The first kappa shape index (κ1) is 22.5. The van der Waals surface area contributed by atoms with Crippen LogP contribution >= 0.6 is 0 Å². The van der Waals surface area contributed by atoms with Gasteiger partial charge in [0.15, 0.2) is 0 Å². The van der Waals surface area contributed by atoms with Crippen LogP contribution in [0.5, 0.6) is 0 Å². The van der Waals surface area contributed by atoms with Crippen LogP contribution in [0.1, 0.15) is 18.4 Å². The lowest BCUT2D eigenvalue weighted by Gasteiger charge is -2.34. The first-order chi connectivity index (χ1) is 15.9. The Balaban J connectivity index is 1.44. The predicted octanol–water partition coefficient (Wildman–Crippen LogP) is 3.24. The molecule has 3 aromatic rings. The van der Waals surface area contributed by atoms with Crippen molar-refractivity contribution in [2.24, 2.45) is 5.73 Å². The third-order valence-corrected chi connectivity index (χ3v) is 5.91. The van der Waals surface area contributed by atoms with Gasteiger partial charge in [0.05, 0.1) is 5.52 Å². The zero-order chi connectivity index (χ0) is 23.4. The van der Waals surface area contributed by atoms with Crippen molar-refractivity contribution >= 4 is 45.6 Å². The summed E-state index contributed by atoms with van der Waals surface area (Å²) in [5, 5.41) is 7.16. The molecule has 1 saturated heterocycles. The van der Waals surface area contributed by atoms with Crippen LogP contribution in [0.3, 0.4) is 0 Å². The first-order valence-electron chi connectivity index (χ1n) is 11.2. The van der Waals surface area contributed by atoms with Gasteiger partial charge in [0.2, 0.25) is 11.8 Å². The second-order valence-electron chi connectivity index (χ2n) is 8.53. The molecule has 1 fully saturated rings. The molecule has 4 rings (SSSR count). The minimum Gasteiger partial charge on any atom is -0.370 e. The van der Waals surface area contributed by atoms with E-state index in [0.717, 1.165) is 54.2 Å². The number of carbonyl (C=O) groups is 2. The Morgan fingerprint density at radius 1 is 0.970 bits per heavy atom. The van der Waals surface area contributed by atoms with Crippen molar-refractivity contribution in [1.82, 2.24) is 9.88 Å². The number of anilines is 4. The highest BCUT2D eigenvalue weighted by Gasteiger charge is 2.14. The number of fused-ring (bicyclic) bond motifs is 1. The highest BCUT2D eigenvalue weighted by Crippen LogP contribution is 2.26. The molecule has 4 N–H and O–H groups in total. The molecule has 0 bridgehead atoms. The number of pyridine rings is 1. The Bertz CT molecular complexity index is 1150. The minimum atomic E-state index is -0.488. The van der Waals surface area contributed by atoms with E-state index >= 15 is 0 Å². The van der Waals surface area contributed by atoms with Gasteiger partial charge in [-0.15, -0.1) is 0 Å². The lowest BCUT2D eigenvalue weighted by Crippen LogP contribution is -2.44. The predicted molar refractivity (Wildman–Crippen MR) is 133 cm³/mol. The van der Waals surface area contributed by atoms with Gasteiger partial charge in [0, 0.05) is 61.5 Å². The van der Waals surface area contributed by atoms with Gasteiger partial charge in [0.25, 0.3) is 0 Å². The number of nitrogens with two attached hydrogens (primary N) is 1. The number of likely N-dealkylation sites (N-methyl/N-ethyl adjacent to an activating group) is 1. The number of nitrogens with zero attached hydrogens (tertiary/aromatic N) is 3. The summed E-state index contributed by atoms with van der Waals surface area (Å²) < 4.78 is 0. The normalized spacial score (nSPS) is 14.3. The van der Waals surface area contributed by atoms with Crippen molar-refractivity contribution < 1.29 is 9.59 Å². The van der Waals surface area contributed by atoms with Gasteiger partial charge in [0.1, 0.15) is 5.82 Å². The Labute approximate surface area is 193 Å². The number of aromatic nitrogens is 1. The molecular formula is C25H30N6O2. The van der Waals surface area contributed by atoms with E-state index in [-0.39, 0.29) is 18.7 Å². The molecular weight excluding hydrogens is 416 g/mol. The Morgan fingerprint density at radius 3 is 2.36 bits per heavy atom. The van der Waals surface area contributed by atoms with Crippen LogP contribution in [0, 0.1) is 6.92 Å². The summed E-state index contributed by atoms with van der Waals surface area (Å²) in [7, 11) is 2.16. The Morgan fingerprint density at radius 2 is 1.67 bits per heavy atom. The summed E-state index contributed by atoms with van der Waals surface area (Å²) in [4.78, 5) is 32.3. The van der Waals surface area contributed by atoms with Crippen LogP contribution < -0.4 is 21.3 Å². The van der Waals surface area contributed by atoms with E-state index < -0.39 is 5.91 Å². The Hall–Kier alpha value is -3.65. The molecule has 33 heavy (non-hydrogen) atoms. The van der Waals surface area contributed by atoms with Gasteiger partial charge in [-0.3, -0.25) is 9.59 Å². The maximum absolute atomic E-state index is 12.0. The van der Waals surface area contributed by atoms with Crippen molar-refractivity contribution in [3.8, 4) is 0 Å². The van der Waals surface area contributed by atoms with Gasteiger partial charge in [-0.2, -0.15) is 0 Å². The highest BCUT2D eigenvalue weighted by molar-refractivity contribution is 5.96. The van der Waals surface area contributed by atoms with Crippen molar-refractivity contribution in [3.63, 3.8) is 0 Å². The van der Waals surface area contributed by atoms with E-state index in [0.29, 0.717) is 5.69 Å². The van der Waals surface area contributed by atoms with Crippen LogP contribution in [0.15, 0.2) is 48.5 Å². The fourth-order valence-electron chi connectivity index (χ4n) is 3.96. The first-order valence-corrected chi connectivity index (χ1v) is 11.2. The molecule has 1 aromatic heterocycles. The third-order valence-electron chi connectivity index (χ3n) is 5.91. The number of primary amides is 1. The SMILES string of the molecule is Cc1cc(Nc2ccc(N3CCN(C)CC3)cc2)nc2ccc(NC(=O)CCC(N)=O)cc12. The van der Waals surface area contributed by atoms with Crippen molar-refractivity contribution in [1.29, 1.82) is 0 Å². The van der Waals surface area contributed by atoms with E-state index in [1.165, 1.54) is 5.69 Å². The van der Waals surface area contributed by atoms with Gasteiger partial charge in [-0.25, -0.2) is 4.98 Å². The molecule has 0 atom stereocenters. The number of nitrogens with one attached hydrogen (secondary N) is 2. The lowest BCUT2D eigenvalue weighted by molar-refractivity contribution is -0.122. The van der Waals surface area contributed by atoms with E-state index in [1.807, 2.05) is 31.2 Å². The van der Waals surface area contributed by atoms with Gasteiger partial charge < -0.3 is 26.2 Å². The molecule has 0 saturated carbocycles. The smallest absolute Gasteiger partial charge is 0.224 e. The van der Waals surface area contributed by atoms with Gasteiger partial charge in [-0.05, 0) is 68.1 Å². The summed E-state index contributed by atoms with van der Waals surface area (Å²) in [5.74, 6) is 0.0420. The van der Waals surface area contributed by atoms with E-state index in [1.54, 1.807) is 0 Å². The topological polar surface area (TPSA) is 104 Å². The summed E-state index contributed by atoms with van der Waals surface area (Å²) in [6.07, 6.45) is 0.104. The van der Waals surface area contributed by atoms with E-state index in [4.69, 9.17) is 10.7 Å². The number of amides is 2. The minimum absolute atomic E-state index is 0.0331. The summed E-state index contributed by atoms with van der Waals surface area (Å²) in [5.41, 5.74) is 9.88. The lowest BCUT2D eigenvalue weighted by atomic mass is 10.1. The van der Waals surface area contributed by atoms with Crippen molar-refractivity contribution in [3.05, 3.63) is 54.1 Å². The zero-order valence-electron chi connectivity index (χ0n) is 19.1. The molecule has 8 heteroatoms. The van der Waals surface area contributed by atoms with Crippen LogP contribution in [-0.2, 0) is 9.59 Å². The number of piperazine rings is 1. The molecule has 1 aliphatic heterocycles. The maximum Gasteiger partial charge on any atom is 0.224 e. The molecule has 2 amide bonds. The second kappa shape index (κ2) is 9.87. The molecule has 2 aromatic carbocycles. The molecule has 172 valence electrons. The maximum atomic E-state index is 12.0. The Kier molecular flexibility index (Phi) is 6.74. The number of carbonyl (C=O) groups excluding carboxylic acids is 2. The number of rotatable bonds is 7. The average molecular weight is 447 g/mol. The number of benzene rings is 2. The summed E-state index contributed by atoms with van der Waals surface area (Å²) in [6, 6.07) is 16.0. The molecule has 0 spiro atoms. The number of hydrogen-bond acceptors (Lipinski definition) is 6. The van der Waals surface area contributed by atoms with Gasteiger partial charge in [-0.1, -0.05) is 0 Å². The standard InChI is InChI=1S/C25H30N6O2/c1-17-15-24(27-18-3-6-20(7-4-18)31-13-11-30(2)12-14-31)29-22-8-5-19(16-21(17)22)28-25(33)10-9-23(26)32/h3-8,15-16H,9-14H2,1-2H3,(H2,26,32)(H,27,29)(H,28,33). The second-order valence-corrected chi connectivity index (χ2v) is 8.53. The van der Waals surface area contributed by atoms with Crippen LogP contribution in [-0.4, -0.2) is 54.9 Å². The third kappa shape index (κ3) is 5.78. The molecule has 8 nitrogen and oxygen atoms in total. The molecule has 2 heterocycles. The summed E-state index contributed by atoms with van der Waals surface area (Å²) >= 11 is 0. The van der Waals surface area contributed by atoms with Crippen LogP contribution in [0.4, 0.5) is 22.9 Å². The monoisotopic (exact) mass is 446 g/mol. The number of hydrogen-bond donors (Lipinski definition) is 3. The molecule has 0 radical (unpaired) electrons. The fourth-order valence-corrected chi connectivity index (χ4v) is 3.96. The summed E-state index contributed by atoms with van der Waals surface area (Å²) in [6.45, 7) is 6.27. The molecule has 0 unspecified atom stereocenters. The van der Waals surface area contributed by atoms with Gasteiger partial charge >= 0.3 is 0 Å². The largest absolute Gasteiger partial charge is 0.370 e. The number of aryl methyl sites for hydroxylation is 1. The fraction of sp³-hybridized carbons (Fsp3) is 0.320. The highest BCUT2D eigenvalue weighted by atomic mass is 16.2. The van der Waals surface area contributed by atoms with E-state index in [2.05, 4.69) is 51.7 Å². The quantitative estimate of drug-likeness (QED) is 0.515. The van der Waals surface area contributed by atoms with Crippen LogP contribution in [0.25, 0.3) is 10.9 Å². The molecule has 0 aliphatic carbocycles. The van der Waals surface area contributed by atoms with Crippen molar-refractivity contribution in [2.75, 3.05) is 48.8 Å². The molecule has 1 aliphatic rings. The van der Waals surface area contributed by atoms with E-state index in [9.17, 15) is 9.59 Å². The zero-order valence-corrected chi connectivity index (χ0v) is 19.1.